The Morgan fingerprint density at radius 1 is 1.06 bits per heavy atom. The number of nitrogens with one attached hydrogen (secondary N) is 1. The molecule has 4 aromatic rings. The number of para-hydroxylation sites is 1. The maximum Gasteiger partial charge on any atom is 0.332 e. The molecular weight excluding hydrogens is 438 g/mol. The van der Waals surface area contributed by atoms with Crippen LogP contribution in [0, 0.1) is 10.1 Å². The van der Waals surface area contributed by atoms with Gasteiger partial charge in [-0.05, 0) is 24.5 Å². The number of hydrogen-bond donors (Lipinski definition) is 1. The molecule has 0 saturated carbocycles. The second-order valence-corrected chi connectivity index (χ2v) is 7.74. The number of hydrazone groups is 1. The lowest BCUT2D eigenvalue weighted by molar-refractivity contribution is -0.385. The van der Waals surface area contributed by atoms with Crippen molar-refractivity contribution >= 4 is 29.0 Å². The molecule has 0 bridgehead atoms. The van der Waals surface area contributed by atoms with Crippen LogP contribution in [0.5, 0.6) is 0 Å². The van der Waals surface area contributed by atoms with Crippen LogP contribution in [0.1, 0.15) is 17.5 Å². The molecule has 0 aliphatic heterocycles. The fourth-order valence-corrected chi connectivity index (χ4v) is 3.76. The highest BCUT2D eigenvalue weighted by molar-refractivity contribution is 5.85. The number of aromatic nitrogens is 4. The molecule has 0 saturated heterocycles. The fraction of sp³-hybridized carbons (Fsp3) is 0.217. The first-order valence-electron chi connectivity index (χ1n) is 10.6. The SMILES string of the molecule is Cn1c(=O)c2c(nc(N/N=C\c3ccccc3[N+](=O)[O-])n2CCCc2ccccc2)n(C)c1=O. The van der Waals surface area contributed by atoms with E-state index in [1.54, 1.807) is 29.8 Å². The Morgan fingerprint density at radius 2 is 1.76 bits per heavy atom. The van der Waals surface area contributed by atoms with Gasteiger partial charge < -0.3 is 4.57 Å². The lowest BCUT2D eigenvalue weighted by Crippen LogP contribution is -2.37. The molecule has 0 fully saturated rings. The summed E-state index contributed by atoms with van der Waals surface area (Å²) in [6, 6.07) is 16.2. The van der Waals surface area contributed by atoms with Gasteiger partial charge in [0.25, 0.3) is 11.2 Å². The summed E-state index contributed by atoms with van der Waals surface area (Å²) in [6.45, 7) is 0.447. The number of hydrogen-bond acceptors (Lipinski definition) is 7. The summed E-state index contributed by atoms with van der Waals surface area (Å²) >= 11 is 0. The molecule has 2 aromatic heterocycles. The van der Waals surface area contributed by atoms with Gasteiger partial charge in [-0.2, -0.15) is 10.1 Å². The highest BCUT2D eigenvalue weighted by atomic mass is 16.6. The van der Waals surface area contributed by atoms with Crippen LogP contribution in [0.2, 0.25) is 0 Å². The van der Waals surface area contributed by atoms with Crippen LogP contribution in [0.3, 0.4) is 0 Å². The predicted molar refractivity (Wildman–Crippen MR) is 129 cm³/mol. The molecular formula is C23H23N7O4. The molecule has 2 aromatic carbocycles. The second kappa shape index (κ2) is 9.53. The second-order valence-electron chi connectivity index (χ2n) is 7.74. The first kappa shape index (κ1) is 22.6. The third-order valence-electron chi connectivity index (χ3n) is 5.54. The van der Waals surface area contributed by atoms with E-state index in [0.717, 1.165) is 16.6 Å². The summed E-state index contributed by atoms with van der Waals surface area (Å²) < 4.78 is 4.04. The van der Waals surface area contributed by atoms with E-state index < -0.39 is 16.2 Å². The van der Waals surface area contributed by atoms with Gasteiger partial charge >= 0.3 is 5.69 Å². The van der Waals surface area contributed by atoms with Gasteiger partial charge in [0, 0.05) is 26.7 Å². The molecule has 0 unspecified atom stereocenters. The van der Waals surface area contributed by atoms with Gasteiger partial charge in [0.15, 0.2) is 11.2 Å². The normalized spacial score (nSPS) is 11.4. The summed E-state index contributed by atoms with van der Waals surface area (Å²) in [5.41, 5.74) is 3.76. The van der Waals surface area contributed by atoms with Gasteiger partial charge in [0.1, 0.15) is 0 Å². The summed E-state index contributed by atoms with van der Waals surface area (Å²) in [5, 5.41) is 15.4. The van der Waals surface area contributed by atoms with Crippen molar-refractivity contribution in [1.29, 1.82) is 0 Å². The average Bonchev–Trinajstić information content (AvgIpc) is 3.20. The minimum atomic E-state index is -0.486. The summed E-state index contributed by atoms with van der Waals surface area (Å²) in [7, 11) is 2.97. The third-order valence-corrected chi connectivity index (χ3v) is 5.54. The van der Waals surface area contributed by atoms with E-state index in [1.165, 1.54) is 23.9 Å². The quantitative estimate of drug-likeness (QED) is 0.244. The molecule has 174 valence electrons. The smallest absolute Gasteiger partial charge is 0.303 e. The first-order valence-corrected chi connectivity index (χ1v) is 10.6. The van der Waals surface area contributed by atoms with Crippen LogP contribution >= 0.6 is 0 Å². The van der Waals surface area contributed by atoms with E-state index in [4.69, 9.17) is 0 Å². The van der Waals surface area contributed by atoms with Crippen molar-refractivity contribution < 1.29 is 4.92 Å². The van der Waals surface area contributed by atoms with E-state index in [2.05, 4.69) is 15.5 Å². The Kier molecular flexibility index (Phi) is 6.35. The third kappa shape index (κ3) is 4.35. The first-order chi connectivity index (χ1) is 16.4. The predicted octanol–water partition coefficient (Wildman–Crippen LogP) is 2.42. The maximum absolute atomic E-state index is 12.9. The van der Waals surface area contributed by atoms with Gasteiger partial charge in [-0.15, -0.1) is 0 Å². The number of imidazole rings is 1. The zero-order valence-corrected chi connectivity index (χ0v) is 18.7. The molecule has 0 radical (unpaired) electrons. The molecule has 11 heteroatoms. The molecule has 0 amide bonds. The zero-order chi connectivity index (χ0) is 24.2. The Morgan fingerprint density at radius 3 is 2.50 bits per heavy atom. The van der Waals surface area contributed by atoms with Gasteiger partial charge in [0.2, 0.25) is 5.95 Å². The standard InChI is InChI=1S/C23H23N7O4/c1-27-20-19(21(31)28(2)23(27)32)29(14-8-11-16-9-4-3-5-10-16)22(25-20)26-24-15-17-12-6-7-13-18(17)30(33)34/h3-7,9-10,12-13,15H,8,11,14H2,1-2H3,(H,25,26)/b24-15-. The van der Waals surface area contributed by atoms with Crippen molar-refractivity contribution in [3.05, 3.63) is 96.7 Å². The van der Waals surface area contributed by atoms with Crippen molar-refractivity contribution in [2.24, 2.45) is 19.2 Å². The van der Waals surface area contributed by atoms with Crippen molar-refractivity contribution in [3.8, 4) is 0 Å². The zero-order valence-electron chi connectivity index (χ0n) is 18.7. The Hall–Kier alpha value is -4.54. The minimum Gasteiger partial charge on any atom is -0.303 e. The number of aryl methyl sites for hydroxylation is 3. The van der Waals surface area contributed by atoms with Crippen LogP contribution in [0.15, 0.2) is 69.3 Å². The van der Waals surface area contributed by atoms with Crippen LogP contribution < -0.4 is 16.7 Å². The largest absolute Gasteiger partial charge is 0.332 e. The van der Waals surface area contributed by atoms with Gasteiger partial charge in [0.05, 0.1) is 16.7 Å². The Labute approximate surface area is 193 Å². The lowest BCUT2D eigenvalue weighted by Gasteiger charge is -2.09. The van der Waals surface area contributed by atoms with E-state index in [9.17, 15) is 19.7 Å². The number of benzene rings is 2. The molecule has 4 rings (SSSR count). The molecule has 2 heterocycles. The summed E-state index contributed by atoms with van der Waals surface area (Å²) in [6.07, 6.45) is 2.82. The van der Waals surface area contributed by atoms with E-state index in [-0.39, 0.29) is 22.8 Å². The maximum atomic E-state index is 12.9. The molecule has 11 nitrogen and oxygen atoms in total. The van der Waals surface area contributed by atoms with Gasteiger partial charge in [-0.3, -0.25) is 24.0 Å². The molecule has 0 aliphatic carbocycles. The highest BCUT2D eigenvalue weighted by Crippen LogP contribution is 2.18. The van der Waals surface area contributed by atoms with E-state index >= 15 is 0 Å². The van der Waals surface area contributed by atoms with Crippen LogP contribution in [-0.4, -0.2) is 29.8 Å². The number of nitrogens with zero attached hydrogens (tertiary/aromatic N) is 6. The van der Waals surface area contributed by atoms with E-state index in [0.29, 0.717) is 18.5 Å². The molecule has 0 aliphatic rings. The van der Waals surface area contributed by atoms with Gasteiger partial charge in [-0.25, -0.2) is 10.2 Å². The number of nitro groups is 1. The number of fused-ring (bicyclic) bond motifs is 1. The summed E-state index contributed by atoms with van der Waals surface area (Å²) in [4.78, 5) is 40.5. The lowest BCUT2D eigenvalue weighted by atomic mass is 10.1. The number of rotatable bonds is 8. The highest BCUT2D eigenvalue weighted by Gasteiger charge is 2.19. The van der Waals surface area contributed by atoms with Gasteiger partial charge in [-0.1, -0.05) is 42.5 Å². The fourth-order valence-electron chi connectivity index (χ4n) is 3.76. The topological polar surface area (TPSA) is 129 Å². The molecule has 1 N–H and O–H groups in total. The minimum absolute atomic E-state index is 0.0827. The van der Waals surface area contributed by atoms with Crippen LogP contribution in [0.25, 0.3) is 11.2 Å². The van der Waals surface area contributed by atoms with Crippen LogP contribution in [0.4, 0.5) is 11.6 Å². The number of nitro benzene ring substituents is 1. The van der Waals surface area contributed by atoms with E-state index in [1.807, 2.05) is 30.3 Å². The molecule has 0 atom stereocenters. The van der Waals surface area contributed by atoms with Crippen molar-refractivity contribution in [1.82, 2.24) is 18.7 Å². The molecule has 34 heavy (non-hydrogen) atoms. The van der Waals surface area contributed by atoms with Crippen molar-refractivity contribution in [3.63, 3.8) is 0 Å². The van der Waals surface area contributed by atoms with Crippen molar-refractivity contribution in [2.45, 2.75) is 19.4 Å². The Balaban J connectivity index is 1.70. The number of anilines is 1. The average molecular weight is 461 g/mol. The van der Waals surface area contributed by atoms with Crippen molar-refractivity contribution in [2.75, 3.05) is 5.43 Å². The summed E-state index contributed by atoms with van der Waals surface area (Å²) in [5.74, 6) is 0.260. The Bertz CT molecular complexity index is 1500. The monoisotopic (exact) mass is 461 g/mol. The molecule has 0 spiro atoms. The van der Waals surface area contributed by atoms with Crippen LogP contribution in [-0.2, 0) is 27.1 Å².